The van der Waals surface area contributed by atoms with Gasteiger partial charge in [0.1, 0.15) is 0 Å². The minimum Gasteiger partial charge on any atom is -0.465 e. The summed E-state index contributed by atoms with van der Waals surface area (Å²) in [5, 5.41) is 2.93. The topological polar surface area (TPSA) is 58.6 Å². The molecule has 0 saturated carbocycles. The van der Waals surface area contributed by atoms with Crippen molar-refractivity contribution in [3.63, 3.8) is 0 Å². The van der Waals surface area contributed by atoms with Crippen molar-refractivity contribution >= 4 is 11.9 Å². The molecule has 0 fully saturated rings. The lowest BCUT2D eigenvalue weighted by Crippen LogP contribution is -2.43. The maximum Gasteiger partial charge on any atom is 0.337 e. The average molecular weight is 292 g/mol. The molecule has 5 nitrogen and oxygen atoms in total. The van der Waals surface area contributed by atoms with Crippen molar-refractivity contribution in [3.8, 4) is 0 Å². The van der Waals surface area contributed by atoms with Crippen LogP contribution in [0.3, 0.4) is 0 Å². The predicted octanol–water partition coefficient (Wildman–Crippen LogP) is 1.79. The molecule has 0 aliphatic heterocycles. The van der Waals surface area contributed by atoms with E-state index >= 15 is 0 Å². The summed E-state index contributed by atoms with van der Waals surface area (Å²) in [7, 11) is 5.33. The fourth-order valence-electron chi connectivity index (χ4n) is 2.19. The fourth-order valence-corrected chi connectivity index (χ4v) is 2.19. The second-order valence-corrected chi connectivity index (χ2v) is 5.55. The van der Waals surface area contributed by atoms with Crippen LogP contribution in [-0.4, -0.2) is 50.6 Å². The van der Waals surface area contributed by atoms with Crippen molar-refractivity contribution in [1.82, 2.24) is 10.2 Å². The third kappa shape index (κ3) is 4.86. The Morgan fingerprint density at radius 2 is 1.67 bits per heavy atom. The normalized spacial score (nSPS) is 12.3. The number of benzene rings is 1. The molecule has 0 aliphatic rings. The summed E-state index contributed by atoms with van der Waals surface area (Å²) in [6, 6.07) is 6.71. The smallest absolute Gasteiger partial charge is 0.337 e. The lowest BCUT2D eigenvalue weighted by Gasteiger charge is -2.28. The first-order chi connectivity index (χ1) is 9.86. The van der Waals surface area contributed by atoms with Crippen LogP contribution in [0.15, 0.2) is 24.3 Å². The van der Waals surface area contributed by atoms with E-state index < -0.39 is 5.97 Å². The van der Waals surface area contributed by atoms with Gasteiger partial charge in [-0.05, 0) is 44.3 Å². The van der Waals surface area contributed by atoms with Gasteiger partial charge in [-0.2, -0.15) is 0 Å². The molecule has 0 saturated heterocycles. The maximum atomic E-state index is 12.1. The Kier molecular flexibility index (Phi) is 6.37. The number of methoxy groups -OCH3 is 1. The van der Waals surface area contributed by atoms with Gasteiger partial charge < -0.3 is 15.0 Å². The Morgan fingerprint density at radius 1 is 1.14 bits per heavy atom. The van der Waals surface area contributed by atoms with Crippen LogP contribution in [0.5, 0.6) is 0 Å². The molecule has 1 atom stereocenters. The number of likely N-dealkylation sites (N-methyl/N-ethyl adjacent to an activating group) is 1. The number of rotatable bonds is 6. The summed E-state index contributed by atoms with van der Waals surface area (Å²) in [4.78, 5) is 25.5. The highest BCUT2D eigenvalue weighted by molar-refractivity contribution is 5.96. The molecule has 0 spiro atoms. The van der Waals surface area contributed by atoms with Crippen LogP contribution in [0, 0.1) is 5.92 Å². The van der Waals surface area contributed by atoms with Crippen molar-refractivity contribution in [1.29, 1.82) is 0 Å². The van der Waals surface area contributed by atoms with Crippen molar-refractivity contribution in [2.75, 3.05) is 27.7 Å². The highest BCUT2D eigenvalue weighted by atomic mass is 16.5. The summed E-state index contributed by atoms with van der Waals surface area (Å²) in [5.41, 5.74) is 0.964. The number of esters is 1. The number of carbonyl (C=O) groups excluding carboxylic acids is 2. The van der Waals surface area contributed by atoms with Gasteiger partial charge in [-0.15, -0.1) is 0 Å². The first-order valence-corrected chi connectivity index (χ1v) is 6.99. The van der Waals surface area contributed by atoms with Gasteiger partial charge in [0.15, 0.2) is 0 Å². The quantitative estimate of drug-likeness (QED) is 0.812. The van der Waals surface area contributed by atoms with E-state index in [1.165, 1.54) is 7.11 Å². The number of nitrogens with one attached hydrogen (secondary N) is 1. The molecule has 0 unspecified atom stereocenters. The Bertz CT molecular complexity index is 473. The lowest BCUT2D eigenvalue weighted by molar-refractivity contribution is 0.0600. The molecule has 0 aromatic heterocycles. The average Bonchev–Trinajstić information content (AvgIpc) is 2.45. The van der Waals surface area contributed by atoms with E-state index in [9.17, 15) is 9.59 Å². The lowest BCUT2D eigenvalue weighted by atomic mass is 10.0. The first-order valence-electron chi connectivity index (χ1n) is 6.99. The summed E-state index contributed by atoms with van der Waals surface area (Å²) in [6.07, 6.45) is 0. The van der Waals surface area contributed by atoms with E-state index in [2.05, 4.69) is 28.8 Å². The minimum atomic E-state index is -0.408. The van der Waals surface area contributed by atoms with Crippen LogP contribution < -0.4 is 5.32 Å². The fraction of sp³-hybridized carbons (Fsp3) is 0.500. The van der Waals surface area contributed by atoms with Gasteiger partial charge in [-0.25, -0.2) is 4.79 Å². The van der Waals surface area contributed by atoms with E-state index in [4.69, 9.17) is 0 Å². The first kappa shape index (κ1) is 17.2. The standard InChI is InChI=1S/C16H24N2O3/c1-11(2)14(18(3)4)10-17-15(19)12-6-8-13(9-7-12)16(20)21-5/h6-9,11,14H,10H2,1-5H3,(H,17,19)/t14-/m1/s1. The number of amides is 1. The molecular weight excluding hydrogens is 268 g/mol. The predicted molar refractivity (Wildman–Crippen MR) is 82.4 cm³/mol. The zero-order valence-electron chi connectivity index (χ0n) is 13.3. The Morgan fingerprint density at radius 3 is 2.10 bits per heavy atom. The van der Waals surface area contributed by atoms with Gasteiger partial charge >= 0.3 is 5.97 Å². The maximum absolute atomic E-state index is 12.1. The van der Waals surface area contributed by atoms with E-state index in [0.717, 1.165) is 0 Å². The monoisotopic (exact) mass is 292 g/mol. The molecular formula is C16H24N2O3. The van der Waals surface area contributed by atoms with Gasteiger partial charge in [0.2, 0.25) is 0 Å². The molecule has 0 aliphatic carbocycles. The van der Waals surface area contributed by atoms with Crippen molar-refractivity contribution in [2.45, 2.75) is 19.9 Å². The van der Waals surface area contributed by atoms with Crippen molar-refractivity contribution in [2.24, 2.45) is 5.92 Å². The van der Waals surface area contributed by atoms with Crippen LogP contribution in [0.1, 0.15) is 34.6 Å². The second-order valence-electron chi connectivity index (χ2n) is 5.55. The van der Waals surface area contributed by atoms with Gasteiger partial charge in [-0.1, -0.05) is 13.8 Å². The highest BCUT2D eigenvalue weighted by Gasteiger charge is 2.17. The van der Waals surface area contributed by atoms with Crippen LogP contribution in [0.25, 0.3) is 0 Å². The van der Waals surface area contributed by atoms with Gasteiger partial charge in [0, 0.05) is 18.2 Å². The third-order valence-corrected chi connectivity index (χ3v) is 3.47. The van der Waals surface area contributed by atoms with Crippen LogP contribution in [0.2, 0.25) is 0 Å². The van der Waals surface area contributed by atoms with Crippen molar-refractivity contribution in [3.05, 3.63) is 35.4 Å². The highest BCUT2D eigenvalue weighted by Crippen LogP contribution is 2.08. The van der Waals surface area contributed by atoms with Gasteiger partial charge in [-0.3, -0.25) is 4.79 Å². The Labute approximate surface area is 126 Å². The van der Waals surface area contributed by atoms with Crippen LogP contribution in [0.4, 0.5) is 0 Å². The Balaban J connectivity index is 2.65. The molecule has 116 valence electrons. The summed E-state index contributed by atoms with van der Waals surface area (Å²) in [6.45, 7) is 4.84. The summed E-state index contributed by atoms with van der Waals surface area (Å²) in [5.74, 6) is -0.102. The molecule has 1 amide bonds. The molecule has 0 radical (unpaired) electrons. The molecule has 0 bridgehead atoms. The number of nitrogens with zero attached hydrogens (tertiary/aromatic N) is 1. The van der Waals surface area contributed by atoms with E-state index in [0.29, 0.717) is 23.6 Å². The van der Waals surface area contributed by atoms with E-state index in [1.807, 2.05) is 14.1 Å². The number of hydrogen-bond acceptors (Lipinski definition) is 4. The summed E-state index contributed by atoms with van der Waals surface area (Å²) >= 11 is 0. The zero-order chi connectivity index (χ0) is 16.0. The van der Waals surface area contributed by atoms with E-state index in [1.54, 1.807) is 24.3 Å². The largest absolute Gasteiger partial charge is 0.465 e. The molecule has 1 rings (SSSR count). The summed E-state index contributed by atoms with van der Waals surface area (Å²) < 4.78 is 4.62. The van der Waals surface area contributed by atoms with Gasteiger partial charge in [0.25, 0.3) is 5.91 Å². The Hall–Kier alpha value is -1.88. The number of carbonyl (C=O) groups is 2. The molecule has 5 heteroatoms. The van der Waals surface area contributed by atoms with Crippen LogP contribution in [-0.2, 0) is 4.74 Å². The molecule has 0 heterocycles. The molecule has 1 N–H and O–H groups in total. The van der Waals surface area contributed by atoms with Crippen LogP contribution >= 0.6 is 0 Å². The number of ether oxygens (including phenoxy) is 1. The SMILES string of the molecule is COC(=O)c1ccc(C(=O)NC[C@H](C(C)C)N(C)C)cc1. The molecule has 21 heavy (non-hydrogen) atoms. The second kappa shape index (κ2) is 7.78. The molecule has 1 aromatic rings. The zero-order valence-corrected chi connectivity index (χ0v) is 13.3. The van der Waals surface area contributed by atoms with E-state index in [-0.39, 0.29) is 11.9 Å². The number of hydrogen-bond donors (Lipinski definition) is 1. The third-order valence-electron chi connectivity index (χ3n) is 3.47. The molecule has 1 aromatic carbocycles. The minimum absolute atomic E-state index is 0.140. The van der Waals surface area contributed by atoms with Crippen molar-refractivity contribution < 1.29 is 14.3 Å². The van der Waals surface area contributed by atoms with Gasteiger partial charge in [0.05, 0.1) is 12.7 Å².